The number of sulfonamides is 1. The average Bonchev–Trinajstić information content (AvgIpc) is 2.75. The highest BCUT2D eigenvalue weighted by molar-refractivity contribution is 9.10. The molecule has 0 aromatic heterocycles. The van der Waals surface area contributed by atoms with E-state index in [0.29, 0.717) is 11.4 Å². The van der Waals surface area contributed by atoms with Crippen LogP contribution in [0.25, 0.3) is 0 Å². The predicted octanol–water partition coefficient (Wildman–Crippen LogP) is 3.17. The Bertz CT molecular complexity index is 1060. The molecule has 180 valence electrons. The number of nitrogens with one attached hydrogen (secondary N) is 1. The molecule has 0 aliphatic carbocycles. The summed E-state index contributed by atoms with van der Waals surface area (Å²) in [7, 11) is -2.19. The highest BCUT2D eigenvalue weighted by Crippen LogP contribution is 2.22. The van der Waals surface area contributed by atoms with Crippen molar-refractivity contribution in [2.24, 2.45) is 0 Å². The lowest BCUT2D eigenvalue weighted by Crippen LogP contribution is -2.52. The maximum Gasteiger partial charge on any atom is 0.244 e. The molecule has 0 fully saturated rings. The van der Waals surface area contributed by atoms with E-state index in [1.54, 1.807) is 62.6 Å². The summed E-state index contributed by atoms with van der Waals surface area (Å²) in [5, 5.41) is 2.81. The average molecular weight is 540 g/mol. The van der Waals surface area contributed by atoms with E-state index in [-0.39, 0.29) is 18.5 Å². The van der Waals surface area contributed by atoms with E-state index in [4.69, 9.17) is 4.74 Å². The lowest BCUT2D eigenvalue weighted by Gasteiger charge is -2.32. The van der Waals surface area contributed by atoms with Crippen molar-refractivity contribution in [3.05, 3.63) is 58.6 Å². The number of nitrogens with zero attached hydrogens (tertiary/aromatic N) is 2. The molecule has 2 rings (SSSR count). The first-order valence-electron chi connectivity index (χ1n) is 10.4. The number of carbonyl (C=O) groups is 2. The second-order valence-corrected chi connectivity index (χ2v) is 10.8. The molecule has 0 bridgehead atoms. The Labute approximate surface area is 204 Å². The summed E-state index contributed by atoms with van der Waals surface area (Å²) >= 11 is 3.32. The third-order valence-corrected chi connectivity index (χ3v) is 6.57. The van der Waals surface area contributed by atoms with E-state index in [9.17, 15) is 18.0 Å². The second-order valence-electron chi connectivity index (χ2n) is 7.96. The molecule has 1 N–H and O–H groups in total. The number of carbonyl (C=O) groups excluding carboxylic acids is 2. The van der Waals surface area contributed by atoms with Gasteiger partial charge in [0, 0.05) is 17.1 Å². The zero-order chi connectivity index (χ0) is 24.8. The number of hydrogen-bond donors (Lipinski definition) is 1. The van der Waals surface area contributed by atoms with E-state index in [0.717, 1.165) is 20.6 Å². The summed E-state index contributed by atoms with van der Waals surface area (Å²) in [6.45, 7) is 4.99. The van der Waals surface area contributed by atoms with Crippen LogP contribution in [-0.4, -0.2) is 57.1 Å². The van der Waals surface area contributed by atoms with Crippen LogP contribution < -0.4 is 14.4 Å². The number of rotatable bonds is 10. The Morgan fingerprint density at radius 2 is 1.61 bits per heavy atom. The maximum absolute atomic E-state index is 13.4. The predicted molar refractivity (Wildman–Crippen MR) is 133 cm³/mol. The number of halogens is 1. The van der Waals surface area contributed by atoms with Gasteiger partial charge >= 0.3 is 0 Å². The number of ether oxygens (including phenoxy) is 1. The summed E-state index contributed by atoms with van der Waals surface area (Å²) in [4.78, 5) is 27.5. The van der Waals surface area contributed by atoms with E-state index in [2.05, 4.69) is 21.2 Å². The van der Waals surface area contributed by atoms with Crippen molar-refractivity contribution >= 4 is 43.5 Å². The molecule has 2 aromatic carbocycles. The van der Waals surface area contributed by atoms with Crippen LogP contribution in [0.15, 0.2) is 53.0 Å². The van der Waals surface area contributed by atoms with Crippen LogP contribution in [0.5, 0.6) is 5.75 Å². The van der Waals surface area contributed by atoms with Crippen LogP contribution in [0, 0.1) is 0 Å². The molecule has 0 heterocycles. The molecule has 0 saturated heterocycles. The minimum atomic E-state index is -3.75. The number of methoxy groups -OCH3 is 1. The Morgan fingerprint density at radius 3 is 2.09 bits per heavy atom. The molecule has 8 nitrogen and oxygen atoms in total. The fraction of sp³-hybridized carbons (Fsp3) is 0.391. The van der Waals surface area contributed by atoms with Crippen molar-refractivity contribution in [3.63, 3.8) is 0 Å². The van der Waals surface area contributed by atoms with Crippen molar-refractivity contribution in [2.75, 3.05) is 24.2 Å². The van der Waals surface area contributed by atoms with Crippen LogP contribution in [0.4, 0.5) is 5.69 Å². The van der Waals surface area contributed by atoms with E-state index < -0.39 is 28.5 Å². The van der Waals surface area contributed by atoms with Gasteiger partial charge in [0.05, 0.1) is 19.1 Å². The molecule has 0 spiro atoms. The highest BCUT2D eigenvalue weighted by atomic mass is 79.9. The van der Waals surface area contributed by atoms with Crippen LogP contribution in [-0.2, 0) is 26.2 Å². The number of hydrogen-bond acceptors (Lipinski definition) is 5. The highest BCUT2D eigenvalue weighted by Gasteiger charge is 2.30. The molecule has 0 unspecified atom stereocenters. The van der Waals surface area contributed by atoms with E-state index in [1.807, 2.05) is 13.8 Å². The summed E-state index contributed by atoms with van der Waals surface area (Å²) < 4.78 is 32.0. The van der Waals surface area contributed by atoms with Crippen molar-refractivity contribution in [1.82, 2.24) is 10.2 Å². The molecular weight excluding hydrogens is 510 g/mol. The molecule has 2 amide bonds. The Hall–Kier alpha value is -2.59. The molecule has 2 aromatic rings. The van der Waals surface area contributed by atoms with Crippen LogP contribution in [0.2, 0.25) is 0 Å². The molecular formula is C23H30BrN3O5S. The van der Waals surface area contributed by atoms with Gasteiger partial charge in [-0.25, -0.2) is 8.42 Å². The SMILES string of the molecule is COc1ccc(CN(C(=O)CN(c2ccc(Br)cc2)S(C)(=O)=O)[C@@H](C)C(=O)NC(C)C)cc1. The van der Waals surface area contributed by atoms with Crippen LogP contribution in [0.3, 0.4) is 0 Å². The van der Waals surface area contributed by atoms with Crippen molar-refractivity contribution in [1.29, 1.82) is 0 Å². The lowest BCUT2D eigenvalue weighted by atomic mass is 10.1. The summed E-state index contributed by atoms with van der Waals surface area (Å²) in [5.41, 5.74) is 1.14. The van der Waals surface area contributed by atoms with Gasteiger partial charge in [-0.2, -0.15) is 0 Å². The molecule has 0 aliphatic heterocycles. The molecule has 0 aliphatic rings. The zero-order valence-electron chi connectivity index (χ0n) is 19.4. The van der Waals surface area contributed by atoms with Gasteiger partial charge in [-0.1, -0.05) is 28.1 Å². The Morgan fingerprint density at radius 1 is 1.03 bits per heavy atom. The fourth-order valence-corrected chi connectivity index (χ4v) is 4.25. The molecule has 10 heteroatoms. The minimum absolute atomic E-state index is 0.104. The van der Waals surface area contributed by atoms with Gasteiger partial charge in [-0.15, -0.1) is 0 Å². The van der Waals surface area contributed by atoms with Gasteiger partial charge in [-0.3, -0.25) is 13.9 Å². The normalized spacial score (nSPS) is 12.2. The summed E-state index contributed by atoms with van der Waals surface area (Å²) in [6, 6.07) is 12.8. The van der Waals surface area contributed by atoms with Gasteiger partial charge in [0.1, 0.15) is 18.3 Å². The molecule has 1 atom stereocenters. The quantitative estimate of drug-likeness (QED) is 0.500. The molecule has 0 saturated carbocycles. The number of anilines is 1. The topological polar surface area (TPSA) is 96.0 Å². The number of benzene rings is 2. The standard InChI is InChI=1S/C23H30BrN3O5S/c1-16(2)25-23(29)17(3)26(14-18-6-12-21(32-4)13-7-18)22(28)15-27(33(5,30)31)20-10-8-19(24)9-11-20/h6-13,16-17H,14-15H2,1-5H3,(H,25,29)/t17-/m0/s1. The third kappa shape index (κ3) is 7.75. The minimum Gasteiger partial charge on any atom is -0.497 e. The smallest absolute Gasteiger partial charge is 0.244 e. The van der Waals surface area contributed by atoms with Crippen molar-refractivity contribution < 1.29 is 22.7 Å². The summed E-state index contributed by atoms with van der Waals surface area (Å²) in [6.07, 6.45) is 1.05. The van der Waals surface area contributed by atoms with Crippen LogP contribution in [0.1, 0.15) is 26.3 Å². The monoisotopic (exact) mass is 539 g/mol. The Balaban J connectivity index is 2.36. The van der Waals surface area contributed by atoms with Gasteiger partial charge in [0.15, 0.2) is 0 Å². The van der Waals surface area contributed by atoms with E-state index in [1.165, 1.54) is 4.90 Å². The van der Waals surface area contributed by atoms with Gasteiger partial charge in [-0.05, 0) is 62.7 Å². The first kappa shape index (κ1) is 26.7. The summed E-state index contributed by atoms with van der Waals surface area (Å²) in [5.74, 6) is -0.146. The third-order valence-electron chi connectivity index (χ3n) is 4.90. The maximum atomic E-state index is 13.4. The Kier molecular flexibility index (Phi) is 9.30. The van der Waals surface area contributed by atoms with Gasteiger partial charge < -0.3 is 15.0 Å². The number of amides is 2. The molecule has 33 heavy (non-hydrogen) atoms. The first-order valence-corrected chi connectivity index (χ1v) is 13.0. The van der Waals surface area contributed by atoms with Gasteiger partial charge in [0.2, 0.25) is 21.8 Å². The first-order chi connectivity index (χ1) is 15.4. The van der Waals surface area contributed by atoms with Crippen molar-refractivity contribution in [3.8, 4) is 5.75 Å². The van der Waals surface area contributed by atoms with E-state index >= 15 is 0 Å². The second kappa shape index (κ2) is 11.5. The zero-order valence-corrected chi connectivity index (χ0v) is 21.8. The van der Waals surface area contributed by atoms with Crippen molar-refractivity contribution in [2.45, 2.75) is 39.4 Å². The fourth-order valence-electron chi connectivity index (χ4n) is 3.14. The lowest BCUT2D eigenvalue weighted by molar-refractivity contribution is -0.139. The van der Waals surface area contributed by atoms with Crippen LogP contribution >= 0.6 is 15.9 Å². The molecule has 0 radical (unpaired) electrons. The largest absolute Gasteiger partial charge is 0.497 e. The van der Waals surface area contributed by atoms with Gasteiger partial charge in [0.25, 0.3) is 0 Å².